The summed E-state index contributed by atoms with van der Waals surface area (Å²) < 4.78 is 0. The van der Waals surface area contributed by atoms with Crippen molar-refractivity contribution >= 4 is 28.2 Å². The van der Waals surface area contributed by atoms with E-state index in [-0.39, 0.29) is 11.6 Å². The van der Waals surface area contributed by atoms with Crippen LogP contribution in [0.5, 0.6) is 0 Å². The van der Waals surface area contributed by atoms with E-state index in [0.29, 0.717) is 5.69 Å². The predicted molar refractivity (Wildman–Crippen MR) is 97.8 cm³/mol. The first-order valence-electron chi connectivity index (χ1n) is 8.53. The maximum absolute atomic E-state index is 12.4. The van der Waals surface area contributed by atoms with Crippen molar-refractivity contribution in [1.29, 1.82) is 0 Å². The van der Waals surface area contributed by atoms with Gasteiger partial charge < -0.3 is 10.2 Å². The van der Waals surface area contributed by atoms with Crippen LogP contribution in [0.25, 0.3) is 10.9 Å². The van der Waals surface area contributed by atoms with E-state index in [1.807, 2.05) is 12.1 Å². The molecule has 3 aromatic rings. The van der Waals surface area contributed by atoms with Crippen LogP contribution in [0.15, 0.2) is 49.1 Å². The first kappa shape index (κ1) is 15.5. The highest BCUT2D eigenvalue weighted by molar-refractivity contribution is 6.09. The van der Waals surface area contributed by atoms with Crippen LogP contribution in [0.2, 0.25) is 0 Å². The number of benzene rings is 1. The first-order valence-corrected chi connectivity index (χ1v) is 8.53. The van der Waals surface area contributed by atoms with Crippen LogP contribution in [-0.2, 0) is 0 Å². The zero-order valence-corrected chi connectivity index (χ0v) is 13.9. The number of nitrogens with zero attached hydrogens (tertiary/aromatic N) is 4. The zero-order chi connectivity index (χ0) is 17.1. The number of carbonyl (C=O) groups is 1. The van der Waals surface area contributed by atoms with Crippen LogP contribution < -0.4 is 10.2 Å². The quantitative estimate of drug-likeness (QED) is 0.796. The van der Waals surface area contributed by atoms with E-state index in [2.05, 4.69) is 37.3 Å². The molecule has 0 spiro atoms. The Morgan fingerprint density at radius 1 is 1.00 bits per heavy atom. The average Bonchev–Trinajstić information content (AvgIpc) is 2.69. The van der Waals surface area contributed by atoms with Crippen LogP contribution in [-0.4, -0.2) is 33.9 Å². The fourth-order valence-electron chi connectivity index (χ4n) is 3.27. The Labute approximate surface area is 145 Å². The first-order chi connectivity index (χ1) is 12.3. The Hall–Kier alpha value is -3.02. The Kier molecular flexibility index (Phi) is 4.24. The Morgan fingerprint density at radius 2 is 1.88 bits per heavy atom. The van der Waals surface area contributed by atoms with Gasteiger partial charge in [-0.3, -0.25) is 14.8 Å². The molecule has 6 nitrogen and oxygen atoms in total. The number of nitrogens with one attached hydrogen (secondary N) is 1. The van der Waals surface area contributed by atoms with Crippen LogP contribution in [0.1, 0.15) is 29.8 Å². The van der Waals surface area contributed by atoms with Gasteiger partial charge in [-0.2, -0.15) is 0 Å². The highest BCUT2D eigenvalue weighted by atomic mass is 16.1. The Balaban J connectivity index is 1.70. The van der Waals surface area contributed by atoms with Crippen molar-refractivity contribution in [3.63, 3.8) is 0 Å². The van der Waals surface area contributed by atoms with Gasteiger partial charge >= 0.3 is 0 Å². The van der Waals surface area contributed by atoms with E-state index < -0.39 is 0 Å². The number of amides is 1. The van der Waals surface area contributed by atoms with Gasteiger partial charge in [0.2, 0.25) is 0 Å². The number of fused-ring (bicyclic) bond motifs is 1. The van der Waals surface area contributed by atoms with E-state index in [0.717, 1.165) is 24.0 Å². The standard InChI is InChI=1S/C19H19N5O/c25-19(16-13-20-9-10-21-16)23-15-6-7-17(24-11-2-1-3-12-24)14-5-4-8-22-18(14)15/h4-10,13H,1-3,11-12H2,(H,23,25). The highest BCUT2D eigenvalue weighted by Gasteiger charge is 2.17. The van der Waals surface area contributed by atoms with Gasteiger partial charge in [-0.15, -0.1) is 0 Å². The molecule has 2 aromatic heterocycles. The molecular weight excluding hydrogens is 314 g/mol. The van der Waals surface area contributed by atoms with E-state index in [1.165, 1.54) is 37.3 Å². The number of pyridine rings is 1. The SMILES string of the molecule is O=C(Nc1ccc(N2CCCCC2)c2cccnc12)c1cnccn1. The molecule has 1 amide bonds. The minimum Gasteiger partial charge on any atom is -0.371 e. The van der Waals surface area contributed by atoms with E-state index in [4.69, 9.17) is 0 Å². The smallest absolute Gasteiger partial charge is 0.275 e. The summed E-state index contributed by atoms with van der Waals surface area (Å²) in [6.07, 6.45) is 9.97. The van der Waals surface area contributed by atoms with Gasteiger partial charge in [0, 0.05) is 42.8 Å². The van der Waals surface area contributed by atoms with Crippen molar-refractivity contribution in [1.82, 2.24) is 15.0 Å². The molecule has 25 heavy (non-hydrogen) atoms. The summed E-state index contributed by atoms with van der Waals surface area (Å²) in [5.74, 6) is -0.286. The average molecular weight is 333 g/mol. The molecule has 1 aliphatic rings. The lowest BCUT2D eigenvalue weighted by Crippen LogP contribution is -2.29. The van der Waals surface area contributed by atoms with Gasteiger partial charge in [-0.05, 0) is 43.5 Å². The molecule has 4 rings (SSSR count). The third kappa shape index (κ3) is 3.15. The summed E-state index contributed by atoms with van der Waals surface area (Å²) in [5.41, 5.74) is 2.95. The summed E-state index contributed by atoms with van der Waals surface area (Å²) in [4.78, 5) is 27.3. The summed E-state index contributed by atoms with van der Waals surface area (Å²) in [5, 5.41) is 3.97. The van der Waals surface area contributed by atoms with E-state index in [1.54, 1.807) is 12.4 Å². The topological polar surface area (TPSA) is 71.0 Å². The second-order valence-electron chi connectivity index (χ2n) is 6.12. The van der Waals surface area contributed by atoms with Crippen molar-refractivity contribution < 1.29 is 4.79 Å². The zero-order valence-electron chi connectivity index (χ0n) is 13.9. The molecule has 0 atom stereocenters. The minimum absolute atomic E-state index is 0.284. The molecule has 0 radical (unpaired) electrons. The van der Waals surface area contributed by atoms with Crippen molar-refractivity contribution in [2.75, 3.05) is 23.3 Å². The molecule has 0 aliphatic carbocycles. The molecule has 0 saturated carbocycles. The summed E-state index contributed by atoms with van der Waals surface area (Å²) >= 11 is 0. The number of anilines is 2. The third-order valence-electron chi connectivity index (χ3n) is 4.49. The molecule has 0 bridgehead atoms. The van der Waals surface area contributed by atoms with Gasteiger partial charge in [0.05, 0.1) is 17.4 Å². The maximum Gasteiger partial charge on any atom is 0.275 e. The van der Waals surface area contributed by atoms with Gasteiger partial charge in [0.1, 0.15) is 5.69 Å². The number of carbonyl (C=O) groups excluding carboxylic acids is 1. The lowest BCUT2D eigenvalue weighted by Gasteiger charge is -2.30. The third-order valence-corrected chi connectivity index (χ3v) is 4.49. The van der Waals surface area contributed by atoms with E-state index >= 15 is 0 Å². The maximum atomic E-state index is 12.4. The van der Waals surface area contributed by atoms with Crippen molar-refractivity contribution in [2.24, 2.45) is 0 Å². The number of hydrogen-bond donors (Lipinski definition) is 1. The second-order valence-corrected chi connectivity index (χ2v) is 6.12. The van der Waals surface area contributed by atoms with Gasteiger partial charge in [0.25, 0.3) is 5.91 Å². The number of hydrogen-bond acceptors (Lipinski definition) is 5. The van der Waals surface area contributed by atoms with Crippen molar-refractivity contribution in [3.8, 4) is 0 Å². The summed E-state index contributed by atoms with van der Waals surface area (Å²) in [7, 11) is 0. The van der Waals surface area contributed by atoms with Gasteiger partial charge in [-0.25, -0.2) is 4.98 Å². The molecule has 1 N–H and O–H groups in total. The molecule has 3 heterocycles. The second kappa shape index (κ2) is 6.84. The Morgan fingerprint density at radius 3 is 2.68 bits per heavy atom. The van der Waals surface area contributed by atoms with Crippen molar-refractivity contribution in [2.45, 2.75) is 19.3 Å². The highest BCUT2D eigenvalue weighted by Crippen LogP contribution is 2.32. The molecule has 6 heteroatoms. The predicted octanol–water partition coefficient (Wildman–Crippen LogP) is 3.27. The molecule has 126 valence electrons. The van der Waals surface area contributed by atoms with Crippen molar-refractivity contribution in [3.05, 3.63) is 54.7 Å². The summed E-state index contributed by atoms with van der Waals surface area (Å²) in [6.45, 7) is 2.13. The van der Waals surface area contributed by atoms with Crippen LogP contribution in [0, 0.1) is 0 Å². The normalized spacial score (nSPS) is 14.5. The molecular formula is C19H19N5O. The van der Waals surface area contributed by atoms with Gasteiger partial charge in [-0.1, -0.05) is 0 Å². The lowest BCUT2D eigenvalue weighted by molar-refractivity contribution is 0.102. The van der Waals surface area contributed by atoms with Crippen LogP contribution in [0.4, 0.5) is 11.4 Å². The number of piperidine rings is 1. The number of rotatable bonds is 3. The molecule has 1 saturated heterocycles. The number of aromatic nitrogens is 3. The fraction of sp³-hybridized carbons (Fsp3) is 0.263. The monoisotopic (exact) mass is 333 g/mol. The molecule has 1 aromatic carbocycles. The largest absolute Gasteiger partial charge is 0.371 e. The van der Waals surface area contributed by atoms with Crippen LogP contribution in [0.3, 0.4) is 0 Å². The van der Waals surface area contributed by atoms with Gasteiger partial charge in [0.15, 0.2) is 0 Å². The minimum atomic E-state index is -0.286. The lowest BCUT2D eigenvalue weighted by atomic mass is 10.1. The molecule has 1 aliphatic heterocycles. The molecule has 1 fully saturated rings. The fourth-order valence-corrected chi connectivity index (χ4v) is 3.27. The Bertz CT molecular complexity index is 891. The summed E-state index contributed by atoms with van der Waals surface area (Å²) in [6, 6.07) is 7.99. The van der Waals surface area contributed by atoms with E-state index in [9.17, 15) is 4.79 Å². The van der Waals surface area contributed by atoms with Crippen LogP contribution >= 0.6 is 0 Å². The molecule has 0 unspecified atom stereocenters.